The van der Waals surface area contributed by atoms with Crippen molar-refractivity contribution in [2.24, 2.45) is 5.73 Å². The van der Waals surface area contributed by atoms with Crippen molar-refractivity contribution in [2.75, 3.05) is 13.7 Å². The van der Waals surface area contributed by atoms with Gasteiger partial charge in [-0.15, -0.1) is 0 Å². The van der Waals surface area contributed by atoms with Crippen LogP contribution in [0.15, 0.2) is 42.5 Å². The van der Waals surface area contributed by atoms with Gasteiger partial charge in [0.15, 0.2) is 11.6 Å². The second-order valence-corrected chi connectivity index (χ2v) is 5.10. The molecule has 0 fully saturated rings. The van der Waals surface area contributed by atoms with Crippen molar-refractivity contribution in [1.29, 1.82) is 0 Å². The summed E-state index contributed by atoms with van der Waals surface area (Å²) in [6, 6.07) is 12.6. The number of benzene rings is 2. The van der Waals surface area contributed by atoms with Crippen molar-refractivity contribution < 1.29 is 9.13 Å². The van der Waals surface area contributed by atoms with Crippen LogP contribution in [0.1, 0.15) is 17.0 Å². The summed E-state index contributed by atoms with van der Waals surface area (Å²) in [5.41, 5.74) is 7.79. The molecule has 2 aromatic carbocycles. The quantitative estimate of drug-likeness (QED) is 0.911. The van der Waals surface area contributed by atoms with E-state index in [9.17, 15) is 4.39 Å². The zero-order chi connectivity index (χ0) is 14.5. The first-order valence-electron chi connectivity index (χ1n) is 6.42. The van der Waals surface area contributed by atoms with E-state index >= 15 is 0 Å². The Bertz CT molecular complexity index is 588. The van der Waals surface area contributed by atoms with Gasteiger partial charge in [-0.3, -0.25) is 0 Å². The fourth-order valence-electron chi connectivity index (χ4n) is 2.22. The van der Waals surface area contributed by atoms with Gasteiger partial charge in [-0.05, 0) is 48.4 Å². The molecular formula is C16H17ClFNO. The number of hydrogen-bond donors (Lipinski definition) is 1. The van der Waals surface area contributed by atoms with E-state index in [1.54, 1.807) is 6.07 Å². The van der Waals surface area contributed by atoms with Crippen LogP contribution in [0.3, 0.4) is 0 Å². The molecule has 0 bridgehead atoms. The molecular weight excluding hydrogens is 277 g/mol. The second-order valence-electron chi connectivity index (χ2n) is 4.66. The van der Waals surface area contributed by atoms with Gasteiger partial charge in [-0.2, -0.15) is 0 Å². The Kier molecular flexibility index (Phi) is 4.99. The molecule has 0 saturated heterocycles. The summed E-state index contributed by atoms with van der Waals surface area (Å²) in [6.45, 7) is 0.480. The van der Waals surface area contributed by atoms with Crippen LogP contribution in [0.5, 0.6) is 5.75 Å². The summed E-state index contributed by atoms with van der Waals surface area (Å²) >= 11 is 6.00. The third kappa shape index (κ3) is 3.50. The van der Waals surface area contributed by atoms with E-state index in [1.807, 2.05) is 30.3 Å². The molecule has 0 radical (unpaired) electrons. The normalized spacial score (nSPS) is 12.2. The highest BCUT2D eigenvalue weighted by molar-refractivity contribution is 6.30. The molecule has 0 saturated carbocycles. The van der Waals surface area contributed by atoms with Gasteiger partial charge in [-0.1, -0.05) is 29.8 Å². The second kappa shape index (κ2) is 6.73. The summed E-state index contributed by atoms with van der Waals surface area (Å²) in [5, 5.41) is 0.682. The van der Waals surface area contributed by atoms with Gasteiger partial charge in [-0.25, -0.2) is 4.39 Å². The maximum atomic E-state index is 13.7. The summed E-state index contributed by atoms with van der Waals surface area (Å²) < 4.78 is 18.6. The Morgan fingerprint density at radius 3 is 2.65 bits per heavy atom. The minimum absolute atomic E-state index is 0.112. The maximum absolute atomic E-state index is 13.7. The smallest absolute Gasteiger partial charge is 0.165 e. The van der Waals surface area contributed by atoms with Crippen molar-refractivity contribution in [1.82, 2.24) is 0 Å². The van der Waals surface area contributed by atoms with E-state index in [2.05, 4.69) is 0 Å². The largest absolute Gasteiger partial charge is 0.494 e. The molecule has 0 spiro atoms. The molecule has 0 amide bonds. The number of hydrogen-bond acceptors (Lipinski definition) is 2. The van der Waals surface area contributed by atoms with E-state index in [-0.39, 0.29) is 17.5 Å². The first-order chi connectivity index (χ1) is 9.63. The molecule has 20 heavy (non-hydrogen) atoms. The number of ether oxygens (including phenoxy) is 1. The Morgan fingerprint density at radius 1 is 1.25 bits per heavy atom. The molecule has 2 aromatic rings. The zero-order valence-electron chi connectivity index (χ0n) is 11.3. The average Bonchev–Trinajstić information content (AvgIpc) is 2.45. The van der Waals surface area contributed by atoms with E-state index in [1.165, 1.54) is 13.2 Å². The molecule has 1 unspecified atom stereocenters. The van der Waals surface area contributed by atoms with E-state index in [0.717, 1.165) is 11.1 Å². The predicted molar refractivity (Wildman–Crippen MR) is 79.9 cm³/mol. The van der Waals surface area contributed by atoms with Gasteiger partial charge in [0.05, 0.1) is 7.11 Å². The summed E-state index contributed by atoms with van der Waals surface area (Å²) in [4.78, 5) is 0. The van der Waals surface area contributed by atoms with Crippen LogP contribution >= 0.6 is 11.6 Å². The van der Waals surface area contributed by atoms with Gasteiger partial charge in [0, 0.05) is 10.9 Å². The van der Waals surface area contributed by atoms with E-state index < -0.39 is 0 Å². The van der Waals surface area contributed by atoms with Gasteiger partial charge in [0.1, 0.15) is 0 Å². The molecule has 2 nitrogen and oxygen atoms in total. The molecule has 1 atom stereocenters. The standard InChI is InChI=1S/C16H17ClFNO/c1-20-16-6-5-11(8-15(16)18)7-13(10-19)12-3-2-4-14(17)9-12/h2-6,8-9,13H,7,10,19H2,1H3. The van der Waals surface area contributed by atoms with Crippen LogP contribution in [0.25, 0.3) is 0 Å². The zero-order valence-corrected chi connectivity index (χ0v) is 12.0. The van der Waals surface area contributed by atoms with Crippen molar-refractivity contribution in [2.45, 2.75) is 12.3 Å². The Morgan fingerprint density at radius 2 is 2.05 bits per heavy atom. The minimum Gasteiger partial charge on any atom is -0.494 e. The first-order valence-corrected chi connectivity index (χ1v) is 6.79. The maximum Gasteiger partial charge on any atom is 0.165 e. The predicted octanol–water partition coefficient (Wildman–Crippen LogP) is 3.77. The Hall–Kier alpha value is -1.58. The van der Waals surface area contributed by atoms with Crippen molar-refractivity contribution >= 4 is 11.6 Å². The van der Waals surface area contributed by atoms with Crippen molar-refractivity contribution in [3.8, 4) is 5.75 Å². The lowest BCUT2D eigenvalue weighted by Gasteiger charge is -2.16. The van der Waals surface area contributed by atoms with E-state index in [4.69, 9.17) is 22.1 Å². The van der Waals surface area contributed by atoms with Crippen LogP contribution in [0.2, 0.25) is 5.02 Å². The highest BCUT2D eigenvalue weighted by atomic mass is 35.5. The third-order valence-electron chi connectivity index (χ3n) is 3.30. The van der Waals surface area contributed by atoms with Crippen LogP contribution in [-0.4, -0.2) is 13.7 Å². The van der Waals surface area contributed by atoms with Gasteiger partial charge in [0.2, 0.25) is 0 Å². The SMILES string of the molecule is COc1ccc(CC(CN)c2cccc(Cl)c2)cc1F. The minimum atomic E-state index is -0.355. The Labute approximate surface area is 123 Å². The number of methoxy groups -OCH3 is 1. The lowest BCUT2D eigenvalue weighted by Crippen LogP contribution is -2.15. The van der Waals surface area contributed by atoms with E-state index in [0.29, 0.717) is 18.0 Å². The molecule has 0 aliphatic carbocycles. The topological polar surface area (TPSA) is 35.2 Å². The van der Waals surface area contributed by atoms with Crippen LogP contribution in [0, 0.1) is 5.82 Å². The van der Waals surface area contributed by atoms with Crippen molar-refractivity contribution in [3.05, 3.63) is 64.4 Å². The van der Waals surface area contributed by atoms with Gasteiger partial charge in [0.25, 0.3) is 0 Å². The van der Waals surface area contributed by atoms with Gasteiger partial charge < -0.3 is 10.5 Å². The number of nitrogens with two attached hydrogens (primary N) is 1. The summed E-state index contributed by atoms with van der Waals surface area (Å²) in [6.07, 6.45) is 0.664. The molecule has 4 heteroatoms. The van der Waals surface area contributed by atoms with Crippen molar-refractivity contribution in [3.63, 3.8) is 0 Å². The number of halogens is 2. The van der Waals surface area contributed by atoms with Crippen LogP contribution < -0.4 is 10.5 Å². The molecule has 2 N–H and O–H groups in total. The third-order valence-corrected chi connectivity index (χ3v) is 3.54. The molecule has 0 aromatic heterocycles. The first kappa shape index (κ1) is 14.8. The molecule has 106 valence electrons. The van der Waals surface area contributed by atoms with Gasteiger partial charge >= 0.3 is 0 Å². The molecule has 0 aliphatic heterocycles. The molecule has 0 heterocycles. The monoisotopic (exact) mass is 293 g/mol. The molecule has 0 aliphatic rings. The fraction of sp³-hybridized carbons (Fsp3) is 0.250. The number of rotatable bonds is 5. The van der Waals surface area contributed by atoms with Crippen LogP contribution in [-0.2, 0) is 6.42 Å². The fourth-order valence-corrected chi connectivity index (χ4v) is 2.42. The summed E-state index contributed by atoms with van der Waals surface area (Å²) in [7, 11) is 1.45. The lowest BCUT2D eigenvalue weighted by molar-refractivity contribution is 0.386. The average molecular weight is 294 g/mol. The van der Waals surface area contributed by atoms with Crippen LogP contribution in [0.4, 0.5) is 4.39 Å². The highest BCUT2D eigenvalue weighted by Crippen LogP contribution is 2.25. The highest BCUT2D eigenvalue weighted by Gasteiger charge is 2.12. The summed E-state index contributed by atoms with van der Waals surface area (Å²) in [5.74, 6) is 0.00849. The lowest BCUT2D eigenvalue weighted by atomic mass is 9.92. The Balaban J connectivity index is 2.20. The molecule has 2 rings (SSSR count).